The van der Waals surface area contributed by atoms with Crippen molar-refractivity contribution in [3.8, 4) is 0 Å². The van der Waals surface area contributed by atoms with Crippen LogP contribution in [0.1, 0.15) is 37.0 Å². The van der Waals surface area contributed by atoms with Gasteiger partial charge in [-0.3, -0.25) is 4.79 Å². The fraction of sp³-hybridized carbons (Fsp3) is 0.545. The van der Waals surface area contributed by atoms with Gasteiger partial charge in [-0.1, -0.05) is 22.9 Å². The average Bonchev–Trinajstić information content (AvgIpc) is 2.30. The molecule has 0 fully saturated rings. The second kappa shape index (κ2) is 5.94. The molecule has 0 bridgehead atoms. The van der Waals surface area contributed by atoms with Crippen molar-refractivity contribution in [2.24, 2.45) is 0 Å². The van der Waals surface area contributed by atoms with Crippen molar-refractivity contribution in [3.05, 3.63) is 24.3 Å². The molecule has 16 heavy (non-hydrogen) atoms. The maximum absolute atomic E-state index is 11.9. The van der Waals surface area contributed by atoms with Gasteiger partial charge in [0.15, 0.2) is 0 Å². The summed E-state index contributed by atoms with van der Waals surface area (Å²) in [5.41, 5.74) is 0.313. The summed E-state index contributed by atoms with van der Waals surface area (Å²) in [6.45, 7) is 4.10. The highest BCUT2D eigenvalue weighted by molar-refractivity contribution is 9.09. The maximum atomic E-state index is 11.9. The summed E-state index contributed by atoms with van der Waals surface area (Å²) in [6, 6.07) is 0. The van der Waals surface area contributed by atoms with Gasteiger partial charge in [-0.2, -0.15) is 0 Å². The number of aromatic nitrogens is 2. The van der Waals surface area contributed by atoms with Gasteiger partial charge in [0.05, 0.1) is 5.56 Å². The monoisotopic (exact) mass is 285 g/mol. The summed E-state index contributed by atoms with van der Waals surface area (Å²) >= 11 is 3.40. The Morgan fingerprint density at radius 1 is 1.50 bits per heavy atom. The number of nitrogens with zero attached hydrogens (tertiary/aromatic N) is 2. The molecule has 1 aromatic heterocycles. The third kappa shape index (κ3) is 3.56. The average molecular weight is 286 g/mol. The molecule has 1 unspecified atom stereocenters. The van der Waals surface area contributed by atoms with E-state index in [4.69, 9.17) is 0 Å². The van der Waals surface area contributed by atoms with E-state index < -0.39 is 0 Å². The Bertz CT molecular complexity index is 344. The summed E-state index contributed by atoms with van der Waals surface area (Å²) < 4.78 is 0. The van der Waals surface area contributed by atoms with Crippen LogP contribution in [0.5, 0.6) is 0 Å². The number of rotatable bonds is 5. The maximum Gasteiger partial charge on any atom is 0.254 e. The molecule has 88 valence electrons. The van der Waals surface area contributed by atoms with Gasteiger partial charge in [0.1, 0.15) is 6.33 Å². The van der Waals surface area contributed by atoms with Crippen LogP contribution in [0.4, 0.5) is 0 Å². The Kier molecular flexibility index (Phi) is 4.86. The fourth-order valence-electron chi connectivity index (χ4n) is 1.30. The molecule has 0 spiro atoms. The van der Waals surface area contributed by atoms with Gasteiger partial charge < -0.3 is 5.32 Å². The minimum Gasteiger partial charge on any atom is -0.347 e. The molecule has 1 rings (SSSR count). The van der Waals surface area contributed by atoms with E-state index >= 15 is 0 Å². The first-order valence-corrected chi connectivity index (χ1v) is 6.37. The highest BCUT2D eigenvalue weighted by Crippen LogP contribution is 2.16. The summed E-state index contributed by atoms with van der Waals surface area (Å²) in [5, 5.41) is 3.88. The number of alkyl halides is 1. The molecule has 0 saturated carbocycles. The van der Waals surface area contributed by atoms with E-state index in [1.54, 1.807) is 0 Å². The van der Waals surface area contributed by atoms with Crippen LogP contribution in [0.2, 0.25) is 0 Å². The van der Waals surface area contributed by atoms with Crippen LogP contribution in [-0.2, 0) is 0 Å². The summed E-state index contributed by atoms with van der Waals surface area (Å²) in [4.78, 5) is 19.5. The molecule has 4 nitrogen and oxygen atoms in total. The lowest BCUT2D eigenvalue weighted by atomic mass is 9.95. The predicted molar refractivity (Wildman–Crippen MR) is 66.6 cm³/mol. The molecule has 0 aliphatic carbocycles. The third-order valence-corrected chi connectivity index (χ3v) is 3.06. The van der Waals surface area contributed by atoms with Crippen molar-refractivity contribution in [3.63, 3.8) is 0 Å². The molecule has 1 N–H and O–H groups in total. The number of hydrogen-bond donors (Lipinski definition) is 1. The first-order valence-electron chi connectivity index (χ1n) is 5.25. The van der Waals surface area contributed by atoms with Gasteiger partial charge in [-0.15, -0.1) is 0 Å². The molecular formula is C11H16BrN3O. The highest BCUT2D eigenvalue weighted by atomic mass is 79.9. The zero-order chi connectivity index (χ0) is 12.0. The lowest BCUT2D eigenvalue weighted by Gasteiger charge is -2.28. The number of nitrogens with one attached hydrogen (secondary N) is 1. The smallest absolute Gasteiger partial charge is 0.254 e. The molecule has 0 aromatic carbocycles. The van der Waals surface area contributed by atoms with E-state index in [1.165, 1.54) is 18.7 Å². The molecule has 5 heteroatoms. The van der Waals surface area contributed by atoms with Gasteiger partial charge in [-0.25, -0.2) is 9.97 Å². The Hall–Kier alpha value is -0.970. The minimum absolute atomic E-state index is 0.120. The van der Waals surface area contributed by atoms with Crippen molar-refractivity contribution >= 4 is 21.8 Å². The molecule has 0 radical (unpaired) electrons. The lowest BCUT2D eigenvalue weighted by molar-refractivity contribution is 0.0901. The molecule has 1 amide bonds. The minimum atomic E-state index is -0.184. The first kappa shape index (κ1) is 13.1. The van der Waals surface area contributed by atoms with Crippen molar-refractivity contribution in [1.82, 2.24) is 15.3 Å². The zero-order valence-electron chi connectivity index (χ0n) is 9.53. The number of hydrogen-bond acceptors (Lipinski definition) is 3. The Morgan fingerprint density at radius 3 is 2.62 bits per heavy atom. The van der Waals surface area contributed by atoms with Gasteiger partial charge in [0.25, 0.3) is 5.91 Å². The predicted octanol–water partition coefficient (Wildman–Crippen LogP) is 2.16. The Morgan fingerprint density at radius 2 is 2.12 bits per heavy atom. The molecule has 1 aromatic rings. The van der Waals surface area contributed by atoms with Crippen molar-refractivity contribution in [1.29, 1.82) is 0 Å². The summed E-state index contributed by atoms with van der Waals surface area (Å²) in [7, 11) is 0. The van der Waals surface area contributed by atoms with E-state index in [0.29, 0.717) is 5.56 Å². The molecule has 1 heterocycles. The van der Waals surface area contributed by atoms with Gasteiger partial charge in [0, 0.05) is 23.3 Å². The first-order chi connectivity index (χ1) is 7.61. The molecule has 0 aliphatic rings. The van der Waals surface area contributed by atoms with Crippen molar-refractivity contribution in [2.75, 3.05) is 5.33 Å². The summed E-state index contributed by atoms with van der Waals surface area (Å²) in [6.07, 6.45) is 6.23. The second-order valence-corrected chi connectivity index (χ2v) is 4.73. The zero-order valence-corrected chi connectivity index (χ0v) is 11.1. The van der Waals surface area contributed by atoms with Gasteiger partial charge in [0.2, 0.25) is 0 Å². The number of halogens is 1. The van der Waals surface area contributed by atoms with Crippen LogP contribution in [0.3, 0.4) is 0 Å². The number of carbonyl (C=O) groups is 1. The van der Waals surface area contributed by atoms with E-state index in [0.717, 1.165) is 18.2 Å². The SMILES string of the molecule is CCC(C)(CCBr)NC(=O)c1cncnc1. The molecular weight excluding hydrogens is 270 g/mol. The molecule has 0 aliphatic heterocycles. The molecule has 1 atom stereocenters. The highest BCUT2D eigenvalue weighted by Gasteiger charge is 2.24. The van der Waals surface area contributed by atoms with Gasteiger partial charge in [-0.05, 0) is 19.8 Å². The third-order valence-electron chi connectivity index (χ3n) is 2.66. The largest absolute Gasteiger partial charge is 0.347 e. The van der Waals surface area contributed by atoms with E-state index in [1.807, 2.05) is 6.92 Å². The van der Waals surface area contributed by atoms with Crippen LogP contribution in [0.25, 0.3) is 0 Å². The normalized spacial score (nSPS) is 14.2. The van der Waals surface area contributed by atoms with E-state index in [-0.39, 0.29) is 11.4 Å². The Labute approximate surface area is 104 Å². The standard InChI is InChI=1S/C11H16BrN3O/c1-3-11(2,4-5-12)15-10(16)9-6-13-8-14-7-9/h6-8H,3-5H2,1-2H3,(H,15,16). The van der Waals surface area contributed by atoms with Gasteiger partial charge >= 0.3 is 0 Å². The quantitative estimate of drug-likeness (QED) is 0.844. The van der Waals surface area contributed by atoms with Crippen molar-refractivity contribution < 1.29 is 4.79 Å². The van der Waals surface area contributed by atoms with Crippen molar-refractivity contribution in [2.45, 2.75) is 32.2 Å². The lowest BCUT2D eigenvalue weighted by Crippen LogP contribution is -2.45. The van der Waals surface area contributed by atoms with Crippen LogP contribution in [0.15, 0.2) is 18.7 Å². The van der Waals surface area contributed by atoms with Crippen LogP contribution < -0.4 is 5.32 Å². The van der Waals surface area contributed by atoms with Crippen LogP contribution in [0, 0.1) is 0 Å². The van der Waals surface area contributed by atoms with E-state index in [9.17, 15) is 4.79 Å². The Balaban J connectivity index is 2.70. The number of carbonyl (C=O) groups excluding carboxylic acids is 1. The summed E-state index contributed by atoms with van der Waals surface area (Å²) in [5.74, 6) is -0.120. The number of amides is 1. The fourth-order valence-corrected chi connectivity index (χ4v) is 2.17. The molecule has 0 saturated heterocycles. The van der Waals surface area contributed by atoms with Crippen LogP contribution >= 0.6 is 15.9 Å². The topological polar surface area (TPSA) is 54.9 Å². The van der Waals surface area contributed by atoms with Crippen LogP contribution in [-0.4, -0.2) is 26.7 Å². The van der Waals surface area contributed by atoms with E-state index in [2.05, 4.69) is 38.1 Å². The second-order valence-electron chi connectivity index (χ2n) is 3.93.